The Bertz CT molecular complexity index is 1380. The van der Waals surface area contributed by atoms with Gasteiger partial charge in [-0.05, 0) is 74.9 Å². The highest BCUT2D eigenvalue weighted by Gasteiger charge is 2.26. The van der Waals surface area contributed by atoms with E-state index in [1.807, 2.05) is 25.1 Å². The van der Waals surface area contributed by atoms with E-state index in [4.69, 9.17) is 4.42 Å². The fourth-order valence-corrected chi connectivity index (χ4v) is 5.72. The van der Waals surface area contributed by atoms with Gasteiger partial charge in [-0.1, -0.05) is 17.4 Å². The molecule has 0 saturated heterocycles. The van der Waals surface area contributed by atoms with Crippen molar-refractivity contribution in [1.82, 2.24) is 9.29 Å². The van der Waals surface area contributed by atoms with Gasteiger partial charge in [-0.15, -0.1) is 0 Å². The Kier molecular flexibility index (Phi) is 6.38. The molecule has 0 saturated carbocycles. The summed E-state index contributed by atoms with van der Waals surface area (Å²) >= 11 is 1.43. The highest BCUT2D eigenvalue weighted by Crippen LogP contribution is 2.31. The van der Waals surface area contributed by atoms with Crippen LogP contribution in [0.15, 0.2) is 70.2 Å². The molecule has 0 spiro atoms. The normalized spacial score (nSPS) is 12.1. The van der Waals surface area contributed by atoms with Gasteiger partial charge in [0.2, 0.25) is 10.0 Å². The lowest BCUT2D eigenvalue weighted by molar-refractivity contribution is 0.0983. The molecule has 0 aliphatic rings. The van der Waals surface area contributed by atoms with Gasteiger partial charge in [-0.2, -0.15) is 4.31 Å². The van der Waals surface area contributed by atoms with E-state index in [-0.39, 0.29) is 23.4 Å². The second-order valence-electron chi connectivity index (χ2n) is 8.08. The molecule has 9 heteroatoms. The van der Waals surface area contributed by atoms with Crippen LogP contribution in [0, 0.1) is 6.92 Å². The van der Waals surface area contributed by atoms with Crippen molar-refractivity contribution in [3.63, 3.8) is 0 Å². The number of fused-ring (bicyclic) bond motifs is 1. The molecule has 0 bridgehead atoms. The van der Waals surface area contributed by atoms with E-state index in [1.165, 1.54) is 39.9 Å². The Balaban J connectivity index is 1.69. The standard InChI is InChI=1S/C24H25N3O4S2/c1-16(2)26(4)33(29,30)20-10-8-18(9-11-20)23(28)27(15-19-6-5-13-31-19)24-25-21-12-7-17(3)14-22(21)32-24/h5-14,16H,15H2,1-4H3. The molecule has 4 aromatic rings. The summed E-state index contributed by atoms with van der Waals surface area (Å²) in [5.74, 6) is 0.333. The summed E-state index contributed by atoms with van der Waals surface area (Å²) in [6.45, 7) is 5.83. The minimum Gasteiger partial charge on any atom is -0.467 e. The number of nitrogens with zero attached hydrogens (tertiary/aromatic N) is 3. The number of hydrogen-bond acceptors (Lipinski definition) is 6. The molecule has 4 rings (SSSR count). The van der Waals surface area contributed by atoms with Crippen molar-refractivity contribution in [3.05, 3.63) is 77.7 Å². The third-order valence-corrected chi connectivity index (χ3v) is 8.50. The van der Waals surface area contributed by atoms with Crippen molar-refractivity contribution in [3.8, 4) is 0 Å². The first kappa shape index (κ1) is 23.2. The van der Waals surface area contributed by atoms with Crippen LogP contribution >= 0.6 is 11.3 Å². The molecule has 33 heavy (non-hydrogen) atoms. The zero-order valence-corrected chi connectivity index (χ0v) is 20.5. The maximum atomic E-state index is 13.5. The summed E-state index contributed by atoms with van der Waals surface area (Å²) in [7, 11) is -2.09. The van der Waals surface area contributed by atoms with Crippen molar-refractivity contribution >= 4 is 42.6 Å². The smallest absolute Gasteiger partial charge is 0.260 e. The predicted molar refractivity (Wildman–Crippen MR) is 130 cm³/mol. The van der Waals surface area contributed by atoms with Crippen LogP contribution in [-0.4, -0.2) is 36.7 Å². The Hall–Kier alpha value is -3.01. The number of aromatic nitrogens is 1. The van der Waals surface area contributed by atoms with Crippen LogP contribution in [0.1, 0.15) is 35.5 Å². The van der Waals surface area contributed by atoms with Crippen molar-refractivity contribution in [2.75, 3.05) is 11.9 Å². The first-order valence-electron chi connectivity index (χ1n) is 10.5. The summed E-state index contributed by atoms with van der Waals surface area (Å²) in [4.78, 5) is 19.9. The molecule has 2 heterocycles. The van der Waals surface area contributed by atoms with Gasteiger partial charge in [0.25, 0.3) is 5.91 Å². The quantitative estimate of drug-likeness (QED) is 0.366. The first-order chi connectivity index (χ1) is 15.7. The zero-order chi connectivity index (χ0) is 23.8. The topological polar surface area (TPSA) is 83.7 Å². The number of anilines is 1. The van der Waals surface area contributed by atoms with Gasteiger partial charge in [0.05, 0.1) is 27.9 Å². The van der Waals surface area contributed by atoms with Gasteiger partial charge < -0.3 is 4.42 Å². The number of hydrogen-bond donors (Lipinski definition) is 0. The number of rotatable bonds is 7. The fourth-order valence-electron chi connectivity index (χ4n) is 3.29. The third kappa shape index (κ3) is 4.71. The SMILES string of the molecule is Cc1ccc2nc(N(Cc3ccco3)C(=O)c3ccc(S(=O)(=O)N(C)C(C)C)cc3)sc2c1. The molecule has 2 aromatic carbocycles. The molecule has 172 valence electrons. The second kappa shape index (κ2) is 9.09. The number of thiazole rings is 1. The first-order valence-corrected chi connectivity index (χ1v) is 12.7. The van der Waals surface area contributed by atoms with Crippen LogP contribution in [0.2, 0.25) is 0 Å². The van der Waals surface area contributed by atoms with Crippen molar-refractivity contribution < 1.29 is 17.6 Å². The molecule has 2 aromatic heterocycles. The van der Waals surface area contributed by atoms with Crippen LogP contribution in [-0.2, 0) is 16.6 Å². The van der Waals surface area contributed by atoms with Gasteiger partial charge >= 0.3 is 0 Å². The van der Waals surface area contributed by atoms with Crippen molar-refractivity contribution in [1.29, 1.82) is 0 Å². The zero-order valence-electron chi connectivity index (χ0n) is 18.8. The van der Waals surface area contributed by atoms with E-state index in [2.05, 4.69) is 4.98 Å². The maximum Gasteiger partial charge on any atom is 0.260 e. The number of furan rings is 1. The maximum absolute atomic E-state index is 13.5. The largest absolute Gasteiger partial charge is 0.467 e. The molecule has 0 atom stereocenters. The molecular weight excluding hydrogens is 458 g/mol. The number of carbonyl (C=O) groups excluding carboxylic acids is 1. The molecule has 1 amide bonds. The van der Waals surface area contributed by atoms with Crippen molar-refractivity contribution in [2.24, 2.45) is 0 Å². The van der Waals surface area contributed by atoms with Crippen LogP contribution in [0.4, 0.5) is 5.13 Å². The summed E-state index contributed by atoms with van der Waals surface area (Å²) < 4.78 is 33.3. The van der Waals surface area contributed by atoms with E-state index in [0.29, 0.717) is 16.5 Å². The summed E-state index contributed by atoms with van der Waals surface area (Å²) in [5.41, 5.74) is 2.30. The summed E-state index contributed by atoms with van der Waals surface area (Å²) in [6, 6.07) is 15.4. The lowest BCUT2D eigenvalue weighted by atomic mass is 10.2. The summed E-state index contributed by atoms with van der Waals surface area (Å²) in [6.07, 6.45) is 1.56. The number of benzene rings is 2. The Morgan fingerprint density at radius 1 is 1.12 bits per heavy atom. The highest BCUT2D eigenvalue weighted by atomic mass is 32.2. The third-order valence-electron chi connectivity index (χ3n) is 5.41. The Morgan fingerprint density at radius 2 is 1.85 bits per heavy atom. The molecule has 0 aliphatic heterocycles. The molecule has 0 aliphatic carbocycles. The lowest BCUT2D eigenvalue weighted by Gasteiger charge is -2.21. The van der Waals surface area contributed by atoms with E-state index in [1.54, 1.807) is 44.2 Å². The van der Waals surface area contributed by atoms with Gasteiger partial charge in [-0.3, -0.25) is 9.69 Å². The van der Waals surface area contributed by atoms with Gasteiger partial charge in [-0.25, -0.2) is 13.4 Å². The Labute approximate surface area is 197 Å². The number of sulfonamides is 1. The second-order valence-corrected chi connectivity index (χ2v) is 11.1. The fraction of sp³-hybridized carbons (Fsp3) is 0.250. The highest BCUT2D eigenvalue weighted by molar-refractivity contribution is 7.89. The average molecular weight is 484 g/mol. The number of amides is 1. The molecule has 7 nitrogen and oxygen atoms in total. The van der Waals surface area contributed by atoms with Crippen LogP contribution in [0.3, 0.4) is 0 Å². The van der Waals surface area contributed by atoms with Gasteiger partial charge in [0, 0.05) is 18.7 Å². The van der Waals surface area contributed by atoms with Crippen LogP contribution < -0.4 is 4.90 Å². The van der Waals surface area contributed by atoms with Crippen LogP contribution in [0.25, 0.3) is 10.2 Å². The number of carbonyl (C=O) groups is 1. The molecule has 0 radical (unpaired) electrons. The predicted octanol–water partition coefficient (Wildman–Crippen LogP) is 5.07. The van der Waals surface area contributed by atoms with Gasteiger partial charge in [0.15, 0.2) is 5.13 Å². The van der Waals surface area contributed by atoms with Crippen molar-refractivity contribution in [2.45, 2.75) is 38.3 Å². The minimum atomic E-state index is -3.63. The lowest BCUT2D eigenvalue weighted by Crippen LogP contribution is -2.33. The summed E-state index contributed by atoms with van der Waals surface area (Å²) in [5, 5.41) is 0.549. The van der Waals surface area contributed by atoms with E-state index < -0.39 is 10.0 Å². The molecule has 0 N–H and O–H groups in total. The average Bonchev–Trinajstić information content (AvgIpc) is 3.45. The van der Waals surface area contributed by atoms with Gasteiger partial charge in [0.1, 0.15) is 5.76 Å². The van der Waals surface area contributed by atoms with E-state index in [0.717, 1.165) is 15.8 Å². The van der Waals surface area contributed by atoms with Crippen LogP contribution in [0.5, 0.6) is 0 Å². The molecular formula is C24H25N3O4S2. The Morgan fingerprint density at radius 3 is 2.48 bits per heavy atom. The number of aryl methyl sites for hydroxylation is 1. The minimum absolute atomic E-state index is 0.142. The molecule has 0 fully saturated rings. The van der Waals surface area contributed by atoms with E-state index in [9.17, 15) is 13.2 Å². The monoisotopic (exact) mass is 483 g/mol. The van der Waals surface area contributed by atoms with E-state index >= 15 is 0 Å². The molecule has 0 unspecified atom stereocenters.